The van der Waals surface area contributed by atoms with Crippen LogP contribution in [0.2, 0.25) is 0 Å². The van der Waals surface area contributed by atoms with E-state index >= 15 is 0 Å². The smallest absolute Gasteiger partial charge is 0.314 e. The largest absolute Gasteiger partial charge is 0.326 e. The van der Waals surface area contributed by atoms with Crippen molar-refractivity contribution in [1.82, 2.24) is 0 Å². The normalized spacial score (nSPS) is 18.4. The molecule has 0 aromatic rings. The van der Waals surface area contributed by atoms with E-state index in [-0.39, 0.29) is 0 Å². The molecule has 0 heterocycles. The number of rotatable bonds is 0. The highest BCUT2D eigenvalue weighted by molar-refractivity contribution is 7.30. The zero-order valence-electron chi connectivity index (χ0n) is 12.7. The molecule has 19 heavy (non-hydrogen) atoms. The van der Waals surface area contributed by atoms with Crippen LogP contribution in [0.4, 0.5) is 0 Å². The zero-order valence-corrected chi connectivity index (χ0v) is 13.7. The molecule has 0 aromatic carbocycles. The van der Waals surface area contributed by atoms with Gasteiger partial charge in [-0.05, 0) is 39.5 Å². The maximum atomic E-state index is 8.74. The minimum Gasteiger partial charge on any atom is -0.326 e. The summed E-state index contributed by atoms with van der Waals surface area (Å²) in [7, 11) is -3.13. The molecule has 4 heteroatoms. The first-order valence-corrected chi connectivity index (χ1v) is 7.82. The maximum Gasteiger partial charge on any atom is 0.314 e. The molecule has 2 aliphatic rings. The molecule has 0 radical (unpaired) electrons. The van der Waals surface area contributed by atoms with Gasteiger partial charge in [-0.1, -0.05) is 53.7 Å². The van der Waals surface area contributed by atoms with Crippen molar-refractivity contribution in [3.05, 3.63) is 34.4 Å². The summed E-state index contributed by atoms with van der Waals surface area (Å²) in [5.74, 6) is 0. The van der Waals surface area contributed by atoms with Gasteiger partial charge in [0.25, 0.3) is 0 Å². The van der Waals surface area contributed by atoms with Crippen LogP contribution in [-0.2, 0) is 4.57 Å². The van der Waals surface area contributed by atoms with Gasteiger partial charge in [0.15, 0.2) is 0 Å². The van der Waals surface area contributed by atoms with E-state index in [1.54, 1.807) is 22.3 Å². The second-order valence-corrected chi connectivity index (χ2v) is 7.69. The van der Waals surface area contributed by atoms with E-state index < -0.39 is 8.25 Å². The third-order valence-electron chi connectivity index (χ3n) is 3.33. The number of allylic oxidation sites excluding steroid dienone is 6. The number of hydrogen-bond donors (Lipinski definition) is 2. The van der Waals surface area contributed by atoms with Gasteiger partial charge in [0, 0.05) is 0 Å². The molecule has 0 amide bonds. The fourth-order valence-electron chi connectivity index (χ4n) is 2.58. The van der Waals surface area contributed by atoms with Gasteiger partial charge in [-0.25, -0.2) is 0 Å². The lowest BCUT2D eigenvalue weighted by Gasteiger charge is -2.26. The van der Waals surface area contributed by atoms with E-state index in [1.165, 1.54) is 6.42 Å². The van der Waals surface area contributed by atoms with Gasteiger partial charge in [-0.2, -0.15) is 0 Å². The summed E-state index contributed by atoms with van der Waals surface area (Å²) in [6, 6.07) is 0. The summed E-state index contributed by atoms with van der Waals surface area (Å²) in [5, 5.41) is 0. The molecule has 0 unspecified atom stereocenters. The second-order valence-electron chi connectivity index (χ2n) is 7.13. The quantitative estimate of drug-likeness (QED) is 0.661. The van der Waals surface area contributed by atoms with Gasteiger partial charge >= 0.3 is 8.25 Å². The lowest BCUT2D eigenvalue weighted by Crippen LogP contribution is -2.12. The minimum atomic E-state index is -3.13. The van der Waals surface area contributed by atoms with Crippen molar-refractivity contribution in [2.45, 2.75) is 48.0 Å². The van der Waals surface area contributed by atoms with E-state index in [2.05, 4.69) is 53.7 Å². The first-order chi connectivity index (χ1) is 8.43. The van der Waals surface area contributed by atoms with E-state index in [0.717, 1.165) is 0 Å². The highest BCUT2D eigenvalue weighted by Crippen LogP contribution is 2.49. The lowest BCUT2D eigenvalue weighted by atomic mass is 9.79. The van der Waals surface area contributed by atoms with Gasteiger partial charge in [0.1, 0.15) is 0 Å². The Labute approximate surface area is 116 Å². The highest BCUT2D eigenvalue weighted by Gasteiger charge is 2.33. The van der Waals surface area contributed by atoms with Crippen molar-refractivity contribution < 1.29 is 14.4 Å². The summed E-state index contributed by atoms with van der Waals surface area (Å²) in [5.41, 5.74) is 6.81. The molecule has 3 nitrogen and oxygen atoms in total. The van der Waals surface area contributed by atoms with Crippen LogP contribution in [0.3, 0.4) is 0 Å². The van der Waals surface area contributed by atoms with Crippen LogP contribution in [0.5, 0.6) is 0 Å². The van der Waals surface area contributed by atoms with Crippen LogP contribution >= 0.6 is 8.25 Å². The number of fused-ring (bicyclic) bond motifs is 2. The Morgan fingerprint density at radius 1 is 1.00 bits per heavy atom. The van der Waals surface area contributed by atoms with Gasteiger partial charge < -0.3 is 9.79 Å². The van der Waals surface area contributed by atoms with Crippen LogP contribution in [0, 0.1) is 10.8 Å². The van der Waals surface area contributed by atoms with E-state index in [4.69, 9.17) is 14.4 Å². The van der Waals surface area contributed by atoms with Gasteiger partial charge in [-0.3, -0.25) is 4.57 Å². The van der Waals surface area contributed by atoms with Crippen molar-refractivity contribution >= 4 is 8.25 Å². The molecule has 0 saturated carbocycles. The predicted octanol–water partition coefficient (Wildman–Crippen LogP) is 4.01. The molecule has 0 aromatic heterocycles. The Balaban J connectivity index is 0.000000399. The molecule has 2 N–H and O–H groups in total. The summed E-state index contributed by atoms with van der Waals surface area (Å²) < 4.78 is 8.74. The molecule has 0 saturated heterocycles. The lowest BCUT2D eigenvalue weighted by molar-refractivity contribution is 0.405. The molecule has 0 atom stereocenters. The minimum absolute atomic E-state index is 0.303. The van der Waals surface area contributed by atoms with Crippen molar-refractivity contribution in [2.24, 2.45) is 10.8 Å². The van der Waals surface area contributed by atoms with Crippen LogP contribution < -0.4 is 0 Å². The molecule has 2 bridgehead atoms. The van der Waals surface area contributed by atoms with Crippen LogP contribution in [0.1, 0.15) is 48.0 Å². The first-order valence-electron chi connectivity index (χ1n) is 6.51. The van der Waals surface area contributed by atoms with Crippen molar-refractivity contribution in [2.75, 3.05) is 0 Å². The fraction of sp³-hybridized carbons (Fsp3) is 0.600. The molecule has 108 valence electrons. The maximum absolute atomic E-state index is 8.74. The highest BCUT2D eigenvalue weighted by atomic mass is 31.1. The summed E-state index contributed by atoms with van der Waals surface area (Å²) >= 11 is 0. The fourth-order valence-corrected chi connectivity index (χ4v) is 2.58. The molecule has 0 fully saturated rings. The Bertz CT molecular complexity index is 479. The Morgan fingerprint density at radius 2 is 1.47 bits per heavy atom. The van der Waals surface area contributed by atoms with Crippen molar-refractivity contribution in [1.29, 1.82) is 0 Å². The Hall–Kier alpha value is -0.630. The molecule has 0 spiro atoms. The SMILES string of the molecule is CC(C)(C)C1=CC2=C(C(C)(C)C)C=C1C2.O=[PH](O)O. The zero-order chi connectivity index (χ0) is 15.0. The van der Waals surface area contributed by atoms with Crippen LogP contribution in [-0.4, -0.2) is 9.79 Å². The van der Waals surface area contributed by atoms with E-state index in [1.807, 2.05) is 0 Å². The predicted molar refractivity (Wildman–Crippen MR) is 80.2 cm³/mol. The molecular formula is C15H25O3P. The summed E-state index contributed by atoms with van der Waals surface area (Å²) in [6.07, 6.45) is 6.03. The van der Waals surface area contributed by atoms with E-state index in [9.17, 15) is 0 Å². The Kier molecular flexibility index (Phi) is 4.66. The molecule has 0 aliphatic heterocycles. The topological polar surface area (TPSA) is 57.5 Å². The van der Waals surface area contributed by atoms with Gasteiger partial charge in [-0.15, -0.1) is 0 Å². The first kappa shape index (κ1) is 16.4. The summed E-state index contributed by atoms with van der Waals surface area (Å²) in [6.45, 7) is 13.8. The van der Waals surface area contributed by atoms with Crippen LogP contribution in [0.15, 0.2) is 34.4 Å². The second kappa shape index (κ2) is 5.40. The number of hydrogen-bond acceptors (Lipinski definition) is 1. The van der Waals surface area contributed by atoms with E-state index in [0.29, 0.717) is 10.8 Å². The third kappa shape index (κ3) is 4.17. The molecular weight excluding hydrogens is 259 g/mol. The Morgan fingerprint density at radius 3 is 1.74 bits per heavy atom. The van der Waals surface area contributed by atoms with Gasteiger partial charge in [0.2, 0.25) is 0 Å². The molecule has 2 aliphatic carbocycles. The standard InChI is InChI=1S/C15H22.H3O3P/c1-14(2,3)12-8-11-7-10(12)9-13(11)15(4,5)6;1-4(2)3/h8-9H,7H2,1-6H3;4H,(H2,1,2,3). The molecule has 2 rings (SSSR count). The third-order valence-corrected chi connectivity index (χ3v) is 3.33. The average Bonchev–Trinajstić information content (AvgIpc) is 2.71. The van der Waals surface area contributed by atoms with Gasteiger partial charge in [0.05, 0.1) is 0 Å². The van der Waals surface area contributed by atoms with Crippen LogP contribution in [0.25, 0.3) is 0 Å². The van der Waals surface area contributed by atoms with Crippen molar-refractivity contribution in [3.63, 3.8) is 0 Å². The van der Waals surface area contributed by atoms with Crippen molar-refractivity contribution in [3.8, 4) is 0 Å². The average molecular weight is 284 g/mol. The summed E-state index contributed by atoms with van der Waals surface area (Å²) in [4.78, 5) is 14.3. The monoisotopic (exact) mass is 284 g/mol.